The van der Waals surface area contributed by atoms with E-state index in [0.717, 1.165) is 30.0 Å². The smallest absolute Gasteiger partial charge is 0.253 e. The summed E-state index contributed by atoms with van der Waals surface area (Å²) in [6.07, 6.45) is -0.289. The molecule has 1 unspecified atom stereocenters. The fourth-order valence-electron chi connectivity index (χ4n) is 5.94. The second-order valence-electron chi connectivity index (χ2n) is 10.2. The number of fused-ring (bicyclic) bond motifs is 1. The Morgan fingerprint density at radius 1 is 0.750 bits per heavy atom. The van der Waals surface area contributed by atoms with Crippen molar-refractivity contribution in [2.45, 2.75) is 6.17 Å². The first kappa shape index (κ1) is 25.4. The van der Waals surface area contributed by atoms with Crippen LogP contribution in [-0.4, -0.2) is 74.0 Å². The highest BCUT2D eigenvalue weighted by Crippen LogP contribution is 2.32. The van der Waals surface area contributed by atoms with E-state index < -0.39 is 0 Å². The van der Waals surface area contributed by atoms with E-state index in [9.17, 15) is 20.1 Å². The summed E-state index contributed by atoms with van der Waals surface area (Å²) in [5, 5.41) is 22.0. The fraction of sp³-hybridized carbons (Fsp3) is 0.290. The highest BCUT2D eigenvalue weighted by molar-refractivity contribution is 6.01. The Morgan fingerprint density at radius 3 is 1.88 bits per heavy atom. The van der Waals surface area contributed by atoms with Gasteiger partial charge < -0.3 is 20.0 Å². The average Bonchev–Trinajstić information content (AvgIpc) is 3.36. The topological polar surface area (TPSA) is 107 Å². The van der Waals surface area contributed by atoms with Gasteiger partial charge in [0.25, 0.3) is 11.8 Å². The van der Waals surface area contributed by atoms with Gasteiger partial charge in [0.05, 0.1) is 22.5 Å². The molecule has 3 heterocycles. The molecule has 3 aliphatic rings. The molecule has 2 fully saturated rings. The van der Waals surface area contributed by atoms with Crippen molar-refractivity contribution in [3.8, 4) is 12.1 Å². The van der Waals surface area contributed by atoms with Crippen LogP contribution < -0.4 is 15.1 Å². The molecule has 2 amide bonds. The van der Waals surface area contributed by atoms with E-state index in [2.05, 4.69) is 32.2 Å². The predicted octanol–water partition coefficient (Wildman–Crippen LogP) is 2.96. The largest absolute Gasteiger partial charge is 0.368 e. The van der Waals surface area contributed by atoms with Gasteiger partial charge in [0.1, 0.15) is 18.3 Å². The minimum absolute atomic E-state index is 0.0490. The summed E-state index contributed by atoms with van der Waals surface area (Å²) in [6.45, 7) is 5.32. The molecule has 0 spiro atoms. The quantitative estimate of drug-likeness (QED) is 0.552. The predicted molar refractivity (Wildman–Crippen MR) is 151 cm³/mol. The lowest BCUT2D eigenvalue weighted by Crippen LogP contribution is -2.50. The zero-order chi connectivity index (χ0) is 27.6. The van der Waals surface area contributed by atoms with Crippen LogP contribution in [0.3, 0.4) is 0 Å². The molecule has 0 radical (unpaired) electrons. The van der Waals surface area contributed by atoms with Gasteiger partial charge in [0.2, 0.25) is 0 Å². The molecule has 1 atom stereocenters. The maximum Gasteiger partial charge on any atom is 0.253 e. The number of para-hydroxylation sites is 2. The van der Waals surface area contributed by atoms with Crippen LogP contribution in [0.15, 0.2) is 66.7 Å². The molecular formula is C31H29N7O2. The summed E-state index contributed by atoms with van der Waals surface area (Å²) in [7, 11) is 0. The van der Waals surface area contributed by atoms with Gasteiger partial charge in [-0.15, -0.1) is 0 Å². The van der Waals surface area contributed by atoms with E-state index in [1.807, 2.05) is 59.5 Å². The van der Waals surface area contributed by atoms with Crippen molar-refractivity contribution in [1.29, 1.82) is 10.5 Å². The number of rotatable bonds is 4. The normalized spacial score (nSPS) is 19.0. The lowest BCUT2D eigenvalue weighted by molar-refractivity contribution is 0.0746. The molecule has 0 bridgehead atoms. The first-order valence-corrected chi connectivity index (χ1v) is 13.5. The number of benzene rings is 3. The van der Waals surface area contributed by atoms with Crippen molar-refractivity contribution in [3.63, 3.8) is 0 Å². The van der Waals surface area contributed by atoms with Gasteiger partial charge >= 0.3 is 0 Å². The minimum Gasteiger partial charge on any atom is -0.368 e. The third-order valence-corrected chi connectivity index (χ3v) is 8.08. The third-order valence-electron chi connectivity index (χ3n) is 8.08. The fourth-order valence-corrected chi connectivity index (χ4v) is 5.94. The van der Waals surface area contributed by atoms with E-state index >= 15 is 0 Å². The van der Waals surface area contributed by atoms with E-state index in [-0.39, 0.29) is 18.0 Å². The van der Waals surface area contributed by atoms with Crippen molar-refractivity contribution in [3.05, 3.63) is 94.5 Å². The Hall–Kier alpha value is -4.86. The van der Waals surface area contributed by atoms with Crippen LogP contribution in [0.25, 0.3) is 0 Å². The minimum atomic E-state index is -0.289. The number of nitriles is 2. The number of anilines is 2. The summed E-state index contributed by atoms with van der Waals surface area (Å²) >= 11 is 0. The second kappa shape index (κ2) is 10.7. The van der Waals surface area contributed by atoms with Crippen LogP contribution in [0.2, 0.25) is 0 Å². The lowest BCUT2D eigenvalue weighted by atomic mass is 10.0. The van der Waals surface area contributed by atoms with E-state index in [1.54, 1.807) is 12.1 Å². The molecule has 3 aromatic rings. The SMILES string of the molecule is N#Cc1ccccc1N1CCN(C(=O)c2ccc3c(c2)C(N2CCN(c4ccccc4C#N)CC2)NC3=O)CC1. The number of nitrogens with zero attached hydrogens (tertiary/aromatic N) is 6. The highest BCUT2D eigenvalue weighted by Gasteiger charge is 2.35. The molecule has 40 heavy (non-hydrogen) atoms. The van der Waals surface area contributed by atoms with Crippen LogP contribution in [0.5, 0.6) is 0 Å². The molecular weight excluding hydrogens is 502 g/mol. The van der Waals surface area contributed by atoms with E-state index in [4.69, 9.17) is 0 Å². The van der Waals surface area contributed by atoms with Crippen LogP contribution >= 0.6 is 0 Å². The summed E-state index contributed by atoms with van der Waals surface area (Å²) < 4.78 is 0. The summed E-state index contributed by atoms with van der Waals surface area (Å²) in [4.78, 5) is 34.7. The maximum absolute atomic E-state index is 13.5. The lowest BCUT2D eigenvalue weighted by Gasteiger charge is -2.39. The summed E-state index contributed by atoms with van der Waals surface area (Å²) in [5.41, 5.74) is 5.16. The molecule has 0 aliphatic carbocycles. The number of amides is 2. The number of hydrogen-bond acceptors (Lipinski definition) is 7. The zero-order valence-corrected chi connectivity index (χ0v) is 22.1. The highest BCUT2D eigenvalue weighted by atomic mass is 16.2. The number of carbonyl (C=O) groups is 2. The Morgan fingerprint density at radius 2 is 1.30 bits per heavy atom. The third kappa shape index (κ3) is 4.61. The van der Waals surface area contributed by atoms with Crippen molar-refractivity contribution < 1.29 is 9.59 Å². The number of hydrogen-bond donors (Lipinski definition) is 1. The van der Waals surface area contributed by atoms with Crippen LogP contribution in [0.1, 0.15) is 43.6 Å². The van der Waals surface area contributed by atoms with Gasteiger partial charge in [-0.05, 0) is 42.5 Å². The second-order valence-corrected chi connectivity index (χ2v) is 10.2. The number of nitrogens with one attached hydrogen (secondary N) is 1. The van der Waals surface area contributed by atoms with Gasteiger partial charge in [0, 0.05) is 69.0 Å². The molecule has 9 heteroatoms. The van der Waals surface area contributed by atoms with Gasteiger partial charge in [-0.2, -0.15) is 10.5 Å². The average molecular weight is 532 g/mol. The number of carbonyl (C=O) groups excluding carboxylic acids is 2. The molecule has 0 saturated carbocycles. The molecule has 2 saturated heterocycles. The summed E-state index contributed by atoms with van der Waals surface area (Å²) in [5.74, 6) is -0.173. The Balaban J connectivity index is 1.14. The van der Waals surface area contributed by atoms with Gasteiger partial charge in [0.15, 0.2) is 0 Å². The van der Waals surface area contributed by atoms with Gasteiger partial charge in [-0.1, -0.05) is 24.3 Å². The Bertz CT molecular complexity index is 1540. The van der Waals surface area contributed by atoms with E-state index in [0.29, 0.717) is 61.5 Å². The Kier molecular flexibility index (Phi) is 6.81. The van der Waals surface area contributed by atoms with Crippen molar-refractivity contribution in [2.75, 3.05) is 62.2 Å². The molecule has 3 aliphatic heterocycles. The van der Waals surface area contributed by atoms with Crippen LogP contribution in [0.4, 0.5) is 11.4 Å². The van der Waals surface area contributed by atoms with Crippen molar-refractivity contribution in [1.82, 2.24) is 15.1 Å². The molecule has 6 rings (SSSR count). The van der Waals surface area contributed by atoms with Crippen LogP contribution in [0, 0.1) is 22.7 Å². The molecule has 0 aromatic heterocycles. The molecule has 3 aromatic carbocycles. The first-order valence-electron chi connectivity index (χ1n) is 13.5. The molecule has 9 nitrogen and oxygen atoms in total. The Labute approximate surface area is 233 Å². The monoisotopic (exact) mass is 531 g/mol. The van der Waals surface area contributed by atoms with Crippen LogP contribution in [-0.2, 0) is 0 Å². The zero-order valence-electron chi connectivity index (χ0n) is 22.1. The molecule has 200 valence electrons. The number of piperazine rings is 2. The summed E-state index contributed by atoms with van der Waals surface area (Å²) in [6, 6.07) is 25.1. The standard InChI is InChI=1S/C31H29N7O2/c32-20-23-5-1-3-7-27(23)35-11-15-37(16-12-35)29-26-19-22(9-10-25(26)30(39)34-29)31(40)38-17-13-36(14-18-38)28-8-4-2-6-24(28)21-33/h1-10,19,29H,11-18H2,(H,34,39). The van der Waals surface area contributed by atoms with Gasteiger partial charge in [-0.25, -0.2) is 0 Å². The van der Waals surface area contributed by atoms with Crippen molar-refractivity contribution in [2.24, 2.45) is 0 Å². The molecule has 1 N–H and O–H groups in total. The van der Waals surface area contributed by atoms with Crippen molar-refractivity contribution >= 4 is 23.2 Å². The van der Waals surface area contributed by atoms with Gasteiger partial charge in [-0.3, -0.25) is 14.5 Å². The first-order chi connectivity index (χ1) is 19.6. The maximum atomic E-state index is 13.5. The van der Waals surface area contributed by atoms with E-state index in [1.165, 1.54) is 0 Å².